The molecule has 0 bridgehead atoms. The summed E-state index contributed by atoms with van der Waals surface area (Å²) in [7, 11) is 0. The maximum absolute atomic E-state index is 12.9. The zero-order chi connectivity index (χ0) is 23.1. The highest BCUT2D eigenvalue weighted by Crippen LogP contribution is 2.31. The number of nitrogens with zero attached hydrogens (tertiary/aromatic N) is 4. The average molecular weight is 474 g/mol. The van der Waals surface area contributed by atoms with Crippen LogP contribution in [-0.4, -0.2) is 51.1 Å². The summed E-state index contributed by atoms with van der Waals surface area (Å²) in [6.07, 6.45) is 3.38. The molecule has 1 N–H and O–H groups in total. The predicted molar refractivity (Wildman–Crippen MR) is 127 cm³/mol. The lowest BCUT2D eigenvalue weighted by Crippen LogP contribution is -2.38. The molecule has 172 valence electrons. The summed E-state index contributed by atoms with van der Waals surface area (Å²) < 4.78 is 4.72. The van der Waals surface area contributed by atoms with Crippen molar-refractivity contribution in [3.8, 4) is 0 Å². The number of carbonyl (C=O) groups excluding carboxylic acids is 2. The molecule has 2 aliphatic rings. The molecule has 6 rings (SSSR count). The molecular formula is C25H23N5O3S. The number of nitrogens with one attached hydrogen (secondary N) is 1. The maximum Gasteiger partial charge on any atom is 0.270 e. The molecule has 2 amide bonds. The van der Waals surface area contributed by atoms with Crippen molar-refractivity contribution < 1.29 is 14.2 Å². The van der Waals surface area contributed by atoms with Gasteiger partial charge in [0.25, 0.3) is 11.8 Å². The quantitative estimate of drug-likeness (QED) is 0.486. The van der Waals surface area contributed by atoms with Gasteiger partial charge in [0, 0.05) is 36.0 Å². The van der Waals surface area contributed by atoms with Gasteiger partial charge in [0.2, 0.25) is 0 Å². The smallest absolute Gasteiger partial charge is 0.270 e. The highest BCUT2D eigenvalue weighted by molar-refractivity contribution is 7.09. The second-order valence-corrected chi connectivity index (χ2v) is 9.84. The minimum absolute atomic E-state index is 0.0138. The molecule has 1 aliphatic heterocycles. The van der Waals surface area contributed by atoms with Crippen molar-refractivity contribution in [1.29, 1.82) is 0 Å². The van der Waals surface area contributed by atoms with E-state index in [1.807, 2.05) is 22.4 Å². The number of rotatable bonds is 4. The number of hydrogen-bond acceptors (Lipinski definition) is 7. The van der Waals surface area contributed by atoms with Gasteiger partial charge < -0.3 is 10.2 Å². The topological polar surface area (TPSA) is 101 Å². The zero-order valence-electron chi connectivity index (χ0n) is 18.4. The van der Waals surface area contributed by atoms with Crippen LogP contribution in [0.25, 0.3) is 11.0 Å². The van der Waals surface area contributed by atoms with Gasteiger partial charge in [0.15, 0.2) is 0 Å². The molecule has 0 radical (unpaired) electrons. The van der Waals surface area contributed by atoms with Crippen molar-refractivity contribution in [2.24, 2.45) is 0 Å². The fraction of sp³-hybridized carbons (Fsp3) is 0.320. The third-order valence-electron chi connectivity index (χ3n) is 6.77. The van der Waals surface area contributed by atoms with E-state index >= 15 is 0 Å². The van der Waals surface area contributed by atoms with E-state index < -0.39 is 0 Å². The van der Waals surface area contributed by atoms with Gasteiger partial charge >= 0.3 is 0 Å². The average Bonchev–Trinajstić information content (AvgIpc) is 3.62. The Bertz CT molecular complexity index is 1350. The van der Waals surface area contributed by atoms with E-state index in [2.05, 4.69) is 32.7 Å². The van der Waals surface area contributed by atoms with Gasteiger partial charge in [-0.2, -0.15) is 0 Å². The van der Waals surface area contributed by atoms with E-state index in [0.29, 0.717) is 35.4 Å². The van der Waals surface area contributed by atoms with E-state index in [-0.39, 0.29) is 23.8 Å². The number of benzene rings is 2. The Hall–Kier alpha value is -3.59. The van der Waals surface area contributed by atoms with E-state index in [9.17, 15) is 9.59 Å². The summed E-state index contributed by atoms with van der Waals surface area (Å²) in [5.41, 5.74) is 4.91. The van der Waals surface area contributed by atoms with Gasteiger partial charge in [-0.05, 0) is 65.3 Å². The Labute approximate surface area is 199 Å². The van der Waals surface area contributed by atoms with Crippen LogP contribution in [0.3, 0.4) is 0 Å². The number of fused-ring (bicyclic) bond motifs is 2. The molecule has 2 aromatic carbocycles. The van der Waals surface area contributed by atoms with Crippen LogP contribution in [0.15, 0.2) is 52.5 Å². The first-order valence-electron chi connectivity index (χ1n) is 11.5. The molecule has 3 heterocycles. The lowest BCUT2D eigenvalue weighted by Gasteiger charge is -2.31. The van der Waals surface area contributed by atoms with Crippen LogP contribution in [0.5, 0.6) is 0 Å². The normalized spacial score (nSPS) is 16.6. The van der Waals surface area contributed by atoms with Crippen molar-refractivity contribution in [2.75, 3.05) is 13.1 Å². The number of aromatic nitrogens is 3. The zero-order valence-corrected chi connectivity index (χ0v) is 19.3. The first-order valence-corrected chi connectivity index (χ1v) is 12.4. The standard InChI is InChI=1S/C25H23N5O3S/c31-23(26-19-11-16-3-1-2-4-17(16)12-19)22-14-34-24(27-22)15-7-9-30(10-8-15)25(32)18-5-6-20-21(13-18)29-33-28-20/h1-6,13-15,19H,7-12H2,(H,26,31). The van der Waals surface area contributed by atoms with Crippen molar-refractivity contribution in [3.63, 3.8) is 0 Å². The van der Waals surface area contributed by atoms with Gasteiger partial charge in [0.1, 0.15) is 16.7 Å². The van der Waals surface area contributed by atoms with E-state index in [0.717, 1.165) is 30.7 Å². The lowest BCUT2D eigenvalue weighted by atomic mass is 9.97. The van der Waals surface area contributed by atoms with Crippen LogP contribution in [0, 0.1) is 0 Å². The third-order valence-corrected chi connectivity index (χ3v) is 7.78. The highest BCUT2D eigenvalue weighted by Gasteiger charge is 2.28. The Morgan fingerprint density at radius 2 is 1.74 bits per heavy atom. The first-order chi connectivity index (χ1) is 16.6. The lowest BCUT2D eigenvalue weighted by molar-refractivity contribution is 0.0713. The van der Waals surface area contributed by atoms with E-state index in [1.165, 1.54) is 22.5 Å². The van der Waals surface area contributed by atoms with Crippen molar-refractivity contribution in [3.05, 3.63) is 75.2 Å². The monoisotopic (exact) mass is 473 g/mol. The Morgan fingerprint density at radius 1 is 1.00 bits per heavy atom. The molecule has 0 spiro atoms. The largest absolute Gasteiger partial charge is 0.347 e. The van der Waals surface area contributed by atoms with Gasteiger partial charge in [-0.25, -0.2) is 9.61 Å². The SMILES string of the molecule is O=C(NC1Cc2ccccc2C1)c1csc(C2CCN(C(=O)c3ccc4nonc4c3)CC2)n1. The van der Waals surface area contributed by atoms with Crippen LogP contribution in [0.2, 0.25) is 0 Å². The molecule has 1 saturated heterocycles. The van der Waals surface area contributed by atoms with Gasteiger partial charge in [-0.3, -0.25) is 9.59 Å². The molecule has 9 heteroatoms. The number of hydrogen-bond donors (Lipinski definition) is 1. The van der Waals surface area contributed by atoms with E-state index in [4.69, 9.17) is 4.63 Å². The Kier molecular flexibility index (Phi) is 5.33. The molecule has 2 aromatic heterocycles. The second-order valence-electron chi connectivity index (χ2n) is 8.95. The molecule has 1 fully saturated rings. The predicted octanol–water partition coefficient (Wildman–Crippen LogP) is 3.60. The summed E-state index contributed by atoms with van der Waals surface area (Å²) in [4.78, 5) is 32.2. The van der Waals surface area contributed by atoms with Crippen molar-refractivity contribution in [2.45, 2.75) is 37.6 Å². The number of likely N-dealkylation sites (tertiary alicyclic amines) is 1. The Morgan fingerprint density at radius 3 is 2.50 bits per heavy atom. The summed E-state index contributed by atoms with van der Waals surface area (Å²) in [6, 6.07) is 13.7. The van der Waals surface area contributed by atoms with E-state index in [1.54, 1.807) is 18.2 Å². The summed E-state index contributed by atoms with van der Waals surface area (Å²) >= 11 is 1.54. The number of thiazole rings is 1. The number of carbonyl (C=O) groups is 2. The molecule has 34 heavy (non-hydrogen) atoms. The molecule has 0 unspecified atom stereocenters. The van der Waals surface area contributed by atoms with Gasteiger partial charge in [0.05, 0.1) is 5.01 Å². The minimum Gasteiger partial charge on any atom is -0.347 e. The summed E-state index contributed by atoms with van der Waals surface area (Å²) in [5, 5.41) is 13.6. The van der Waals surface area contributed by atoms with Crippen LogP contribution in [-0.2, 0) is 12.8 Å². The molecular weight excluding hydrogens is 450 g/mol. The van der Waals surface area contributed by atoms with Crippen LogP contribution in [0.1, 0.15) is 55.7 Å². The van der Waals surface area contributed by atoms with Crippen LogP contribution < -0.4 is 5.32 Å². The van der Waals surface area contributed by atoms with Gasteiger partial charge in [-0.1, -0.05) is 24.3 Å². The van der Waals surface area contributed by atoms with Crippen molar-refractivity contribution >= 4 is 34.2 Å². The molecule has 0 saturated carbocycles. The third kappa shape index (κ3) is 3.96. The first kappa shape index (κ1) is 21.0. The highest BCUT2D eigenvalue weighted by atomic mass is 32.1. The Balaban J connectivity index is 1.05. The molecule has 1 aliphatic carbocycles. The number of piperidine rings is 1. The second kappa shape index (κ2) is 8.64. The molecule has 4 aromatic rings. The van der Waals surface area contributed by atoms with Gasteiger partial charge in [-0.15, -0.1) is 11.3 Å². The summed E-state index contributed by atoms with van der Waals surface area (Å²) in [6.45, 7) is 1.31. The fourth-order valence-corrected chi connectivity index (χ4v) is 5.90. The van der Waals surface area contributed by atoms with Crippen LogP contribution in [0.4, 0.5) is 0 Å². The summed E-state index contributed by atoms with van der Waals surface area (Å²) in [5.74, 6) is 0.138. The molecule has 8 nitrogen and oxygen atoms in total. The van der Waals surface area contributed by atoms with Crippen molar-refractivity contribution in [1.82, 2.24) is 25.5 Å². The van der Waals surface area contributed by atoms with Crippen LogP contribution >= 0.6 is 11.3 Å². The number of amides is 2. The maximum atomic E-state index is 12.9. The molecule has 0 atom stereocenters. The minimum atomic E-state index is -0.106. The fourth-order valence-electron chi connectivity index (χ4n) is 4.93.